The Kier molecular flexibility index (Phi) is 4.80. The fraction of sp³-hybridized carbons (Fsp3) is 0.292. The lowest BCUT2D eigenvalue weighted by molar-refractivity contribution is 0.406. The standard InChI is InChI=1S/C24H25ClN4O/c1-14-22(25)15(2)29(28-14)13-17-12-16(8-9-21(17)30-3)23-24-19(10-11-26-23)18-6-4-5-7-20(18)27-24/h4-9,12,23,26-27H,10-11,13H2,1-3H3/t23-/m0/s1. The van der Waals surface area contributed by atoms with Crippen molar-refractivity contribution >= 4 is 22.5 Å². The number of aromatic nitrogens is 3. The third-order valence-electron chi connectivity index (χ3n) is 6.11. The number of ether oxygens (including phenoxy) is 1. The molecule has 5 nitrogen and oxygen atoms in total. The maximum atomic E-state index is 6.36. The van der Waals surface area contributed by atoms with Gasteiger partial charge in [-0.3, -0.25) is 4.68 Å². The van der Waals surface area contributed by atoms with Gasteiger partial charge in [-0.05, 0) is 49.6 Å². The molecule has 4 aromatic rings. The predicted octanol–water partition coefficient (Wildman–Crippen LogP) is 4.93. The van der Waals surface area contributed by atoms with Crippen LogP contribution >= 0.6 is 11.6 Å². The largest absolute Gasteiger partial charge is 0.496 e. The smallest absolute Gasteiger partial charge is 0.123 e. The first-order chi connectivity index (χ1) is 14.6. The minimum atomic E-state index is 0.120. The fourth-order valence-corrected chi connectivity index (χ4v) is 4.69. The van der Waals surface area contributed by atoms with Crippen molar-refractivity contribution in [3.63, 3.8) is 0 Å². The highest BCUT2D eigenvalue weighted by molar-refractivity contribution is 6.31. The number of halogens is 1. The molecule has 0 saturated carbocycles. The van der Waals surface area contributed by atoms with Gasteiger partial charge in [0.25, 0.3) is 0 Å². The van der Waals surface area contributed by atoms with E-state index in [9.17, 15) is 0 Å². The van der Waals surface area contributed by atoms with Crippen LogP contribution in [-0.4, -0.2) is 28.4 Å². The van der Waals surface area contributed by atoms with Gasteiger partial charge in [0, 0.05) is 28.7 Å². The molecule has 0 bridgehead atoms. The number of nitrogens with one attached hydrogen (secondary N) is 2. The lowest BCUT2D eigenvalue weighted by Crippen LogP contribution is -2.30. The van der Waals surface area contributed by atoms with Crippen molar-refractivity contribution in [3.8, 4) is 5.75 Å². The topological polar surface area (TPSA) is 54.9 Å². The zero-order chi connectivity index (χ0) is 20.8. The van der Waals surface area contributed by atoms with Gasteiger partial charge in [0.15, 0.2) is 0 Å². The van der Waals surface area contributed by atoms with E-state index >= 15 is 0 Å². The number of rotatable bonds is 4. The average molecular weight is 421 g/mol. The molecule has 154 valence electrons. The molecule has 0 saturated heterocycles. The monoisotopic (exact) mass is 420 g/mol. The van der Waals surface area contributed by atoms with Crippen LogP contribution in [0.15, 0.2) is 42.5 Å². The number of para-hydroxylation sites is 1. The van der Waals surface area contributed by atoms with Crippen LogP contribution in [-0.2, 0) is 13.0 Å². The van der Waals surface area contributed by atoms with E-state index in [4.69, 9.17) is 16.3 Å². The van der Waals surface area contributed by atoms with Gasteiger partial charge in [0.2, 0.25) is 0 Å². The summed E-state index contributed by atoms with van der Waals surface area (Å²) >= 11 is 6.36. The van der Waals surface area contributed by atoms with E-state index < -0.39 is 0 Å². The quantitative estimate of drug-likeness (QED) is 0.492. The zero-order valence-corrected chi connectivity index (χ0v) is 18.2. The molecule has 0 fully saturated rings. The van der Waals surface area contributed by atoms with Crippen molar-refractivity contribution in [1.29, 1.82) is 0 Å². The number of nitrogens with zero attached hydrogens (tertiary/aromatic N) is 2. The summed E-state index contributed by atoms with van der Waals surface area (Å²) in [6.07, 6.45) is 1.03. The predicted molar refractivity (Wildman–Crippen MR) is 121 cm³/mol. The van der Waals surface area contributed by atoms with Gasteiger partial charge in [0.1, 0.15) is 5.75 Å². The van der Waals surface area contributed by atoms with Gasteiger partial charge in [-0.15, -0.1) is 0 Å². The van der Waals surface area contributed by atoms with Gasteiger partial charge in [-0.2, -0.15) is 5.10 Å². The van der Waals surface area contributed by atoms with E-state index in [1.807, 2.05) is 18.5 Å². The van der Waals surface area contributed by atoms with Crippen LogP contribution in [0.4, 0.5) is 0 Å². The first-order valence-electron chi connectivity index (χ1n) is 10.3. The Morgan fingerprint density at radius 2 is 2.03 bits per heavy atom. The van der Waals surface area contributed by atoms with Crippen molar-refractivity contribution in [2.45, 2.75) is 32.9 Å². The van der Waals surface area contributed by atoms with E-state index in [0.29, 0.717) is 6.54 Å². The minimum Gasteiger partial charge on any atom is -0.496 e. The van der Waals surface area contributed by atoms with Gasteiger partial charge in [-0.1, -0.05) is 35.9 Å². The molecule has 6 heteroatoms. The van der Waals surface area contributed by atoms with Crippen molar-refractivity contribution in [2.75, 3.05) is 13.7 Å². The van der Waals surface area contributed by atoms with Crippen LogP contribution in [0, 0.1) is 13.8 Å². The molecule has 0 radical (unpaired) electrons. The molecule has 0 unspecified atom stereocenters. The third-order valence-corrected chi connectivity index (χ3v) is 6.66. The molecule has 0 spiro atoms. The Bertz CT molecular complexity index is 1240. The highest BCUT2D eigenvalue weighted by atomic mass is 35.5. The maximum absolute atomic E-state index is 6.36. The molecule has 1 atom stereocenters. The summed E-state index contributed by atoms with van der Waals surface area (Å²) in [5.41, 5.74) is 7.98. The van der Waals surface area contributed by atoms with Crippen LogP contribution < -0.4 is 10.1 Å². The fourth-order valence-electron chi connectivity index (χ4n) is 4.56. The molecule has 2 N–H and O–H groups in total. The highest BCUT2D eigenvalue weighted by Crippen LogP contribution is 2.35. The van der Waals surface area contributed by atoms with Crippen LogP contribution in [0.5, 0.6) is 5.75 Å². The lowest BCUT2D eigenvalue weighted by atomic mass is 9.93. The molecule has 5 rings (SSSR count). The van der Waals surface area contributed by atoms with E-state index in [2.05, 4.69) is 57.9 Å². The Morgan fingerprint density at radius 3 is 2.80 bits per heavy atom. The summed E-state index contributed by atoms with van der Waals surface area (Å²) in [7, 11) is 1.71. The second-order valence-electron chi connectivity index (χ2n) is 7.91. The second-order valence-corrected chi connectivity index (χ2v) is 8.29. The molecule has 2 aromatic heterocycles. The SMILES string of the molecule is COc1ccc([C@@H]2NCCc3c2[nH]c2ccccc32)cc1Cn1nc(C)c(Cl)c1C. The van der Waals surface area contributed by atoms with Crippen molar-refractivity contribution in [3.05, 3.63) is 81.3 Å². The number of aromatic amines is 1. The maximum Gasteiger partial charge on any atom is 0.123 e. The van der Waals surface area contributed by atoms with Crippen LogP contribution in [0.2, 0.25) is 5.02 Å². The Morgan fingerprint density at radius 1 is 1.20 bits per heavy atom. The summed E-state index contributed by atoms with van der Waals surface area (Å²) in [4.78, 5) is 3.65. The summed E-state index contributed by atoms with van der Waals surface area (Å²) in [5, 5.41) is 10.3. The molecule has 30 heavy (non-hydrogen) atoms. The third kappa shape index (κ3) is 3.09. The highest BCUT2D eigenvalue weighted by Gasteiger charge is 2.26. The Labute approximate surface area is 181 Å². The van der Waals surface area contributed by atoms with E-state index in [1.165, 1.54) is 27.7 Å². The van der Waals surface area contributed by atoms with Crippen LogP contribution in [0.25, 0.3) is 10.9 Å². The van der Waals surface area contributed by atoms with E-state index in [1.54, 1.807) is 7.11 Å². The van der Waals surface area contributed by atoms with Crippen LogP contribution in [0.1, 0.15) is 39.8 Å². The van der Waals surface area contributed by atoms with Gasteiger partial charge < -0.3 is 15.0 Å². The van der Waals surface area contributed by atoms with Crippen molar-refractivity contribution in [2.24, 2.45) is 0 Å². The molecule has 1 aliphatic heterocycles. The Hall–Kier alpha value is -2.76. The summed E-state index contributed by atoms with van der Waals surface area (Å²) in [6.45, 7) is 5.50. The van der Waals surface area contributed by atoms with Crippen molar-refractivity contribution in [1.82, 2.24) is 20.1 Å². The first kappa shape index (κ1) is 19.2. The Balaban J connectivity index is 1.56. The second kappa shape index (κ2) is 7.49. The number of fused-ring (bicyclic) bond motifs is 3. The lowest BCUT2D eigenvalue weighted by Gasteiger charge is -2.25. The van der Waals surface area contributed by atoms with E-state index in [-0.39, 0.29) is 6.04 Å². The first-order valence-corrected chi connectivity index (χ1v) is 10.6. The number of H-pyrrole nitrogens is 1. The summed E-state index contributed by atoms with van der Waals surface area (Å²) in [5.74, 6) is 0.857. The molecular weight excluding hydrogens is 396 g/mol. The van der Waals surface area contributed by atoms with E-state index in [0.717, 1.165) is 40.7 Å². The number of benzene rings is 2. The number of hydrogen-bond donors (Lipinski definition) is 2. The average Bonchev–Trinajstić information content (AvgIpc) is 3.26. The number of hydrogen-bond acceptors (Lipinski definition) is 3. The molecule has 1 aliphatic rings. The van der Waals surface area contributed by atoms with Gasteiger partial charge in [-0.25, -0.2) is 0 Å². The minimum absolute atomic E-state index is 0.120. The molecule has 2 aromatic carbocycles. The zero-order valence-electron chi connectivity index (χ0n) is 17.4. The van der Waals surface area contributed by atoms with Crippen LogP contribution in [0.3, 0.4) is 0 Å². The van der Waals surface area contributed by atoms with Crippen molar-refractivity contribution < 1.29 is 4.74 Å². The molecule has 3 heterocycles. The van der Waals surface area contributed by atoms with Gasteiger partial charge >= 0.3 is 0 Å². The molecule has 0 aliphatic carbocycles. The normalized spacial score (nSPS) is 16.1. The molecule has 0 amide bonds. The summed E-state index contributed by atoms with van der Waals surface area (Å²) in [6, 6.07) is 15.1. The summed E-state index contributed by atoms with van der Waals surface area (Å²) < 4.78 is 7.60. The number of aryl methyl sites for hydroxylation is 1. The number of methoxy groups -OCH3 is 1. The molecular formula is C24H25ClN4O. The van der Waals surface area contributed by atoms with Gasteiger partial charge in [0.05, 0.1) is 36.1 Å².